The van der Waals surface area contributed by atoms with Gasteiger partial charge in [0.05, 0.1) is 12.0 Å². The van der Waals surface area contributed by atoms with Crippen molar-refractivity contribution in [2.24, 2.45) is 23.5 Å². The van der Waals surface area contributed by atoms with Gasteiger partial charge in [-0.1, -0.05) is 0 Å². The smallest absolute Gasteiger partial charge is 0.227 e. The van der Waals surface area contributed by atoms with Crippen LogP contribution < -0.4 is 5.73 Å². The van der Waals surface area contributed by atoms with Gasteiger partial charge in [0.2, 0.25) is 5.91 Å². The number of nitrogens with two attached hydrogens (primary N) is 1. The number of halogens is 1. The number of rotatable bonds is 2. The lowest BCUT2D eigenvalue weighted by molar-refractivity contribution is -0.139. The van der Waals surface area contributed by atoms with Crippen LogP contribution in [0.5, 0.6) is 0 Å². The maximum absolute atomic E-state index is 12.9. The monoisotopic (exact) mass is 325 g/mol. The molecule has 0 aromatic carbocycles. The van der Waals surface area contributed by atoms with Crippen LogP contribution in [0.3, 0.4) is 0 Å². The molecule has 3 aliphatic rings. The van der Waals surface area contributed by atoms with Crippen molar-refractivity contribution in [1.82, 2.24) is 19.7 Å². The molecule has 6 nitrogen and oxygen atoms in total. The second-order valence-corrected chi connectivity index (χ2v) is 6.89. The Balaban J connectivity index is 0.00000144. The number of hydrogen-bond acceptors (Lipinski definition) is 4. The third-order valence-electron chi connectivity index (χ3n) is 5.78. The van der Waals surface area contributed by atoms with E-state index in [1.807, 2.05) is 9.58 Å². The fourth-order valence-electron chi connectivity index (χ4n) is 4.69. The molecule has 2 heterocycles. The minimum absolute atomic E-state index is 0. The quantitative estimate of drug-likeness (QED) is 0.887. The van der Waals surface area contributed by atoms with Gasteiger partial charge < -0.3 is 10.6 Å². The van der Waals surface area contributed by atoms with Gasteiger partial charge >= 0.3 is 0 Å². The molecule has 1 aromatic rings. The molecule has 0 radical (unpaired) electrons. The Morgan fingerprint density at radius 2 is 2.05 bits per heavy atom. The number of carbonyl (C=O) groups excluding carboxylic acids is 1. The summed E-state index contributed by atoms with van der Waals surface area (Å²) in [5.41, 5.74) is 6.33. The lowest BCUT2D eigenvalue weighted by atomic mass is 9.83. The highest BCUT2D eigenvalue weighted by Crippen LogP contribution is 2.48. The van der Waals surface area contributed by atoms with E-state index in [1.54, 1.807) is 12.7 Å². The van der Waals surface area contributed by atoms with E-state index < -0.39 is 0 Å². The minimum atomic E-state index is 0. The zero-order chi connectivity index (χ0) is 14.4. The molecule has 5 atom stereocenters. The van der Waals surface area contributed by atoms with Gasteiger partial charge in [0.15, 0.2) is 0 Å². The van der Waals surface area contributed by atoms with E-state index in [9.17, 15) is 4.79 Å². The van der Waals surface area contributed by atoms with Crippen LogP contribution >= 0.6 is 12.4 Å². The van der Waals surface area contributed by atoms with Crippen molar-refractivity contribution in [3.05, 3.63) is 12.7 Å². The lowest BCUT2D eigenvalue weighted by Crippen LogP contribution is -2.50. The number of nitrogens with zero attached hydrogens (tertiary/aromatic N) is 4. The van der Waals surface area contributed by atoms with Crippen molar-refractivity contribution < 1.29 is 4.79 Å². The fraction of sp³-hybridized carbons (Fsp3) is 0.800. The van der Waals surface area contributed by atoms with E-state index in [2.05, 4.69) is 10.1 Å². The molecule has 5 unspecified atom stereocenters. The molecule has 2 N–H and O–H groups in total. The number of fused-ring (bicyclic) bond motifs is 2. The highest BCUT2D eigenvalue weighted by Gasteiger charge is 2.50. The summed E-state index contributed by atoms with van der Waals surface area (Å²) in [6.07, 6.45) is 8.99. The maximum atomic E-state index is 12.9. The van der Waals surface area contributed by atoms with Crippen molar-refractivity contribution in [3.63, 3.8) is 0 Å². The predicted octanol–water partition coefficient (Wildman–Crippen LogP) is 1.24. The highest BCUT2D eigenvalue weighted by atomic mass is 35.5. The number of hydrogen-bond donors (Lipinski definition) is 1. The number of piperidine rings is 1. The second kappa shape index (κ2) is 6.16. The van der Waals surface area contributed by atoms with Gasteiger partial charge in [-0.25, -0.2) is 9.67 Å². The van der Waals surface area contributed by atoms with Gasteiger partial charge in [-0.15, -0.1) is 12.4 Å². The molecule has 22 heavy (non-hydrogen) atoms. The molecule has 1 aliphatic heterocycles. The van der Waals surface area contributed by atoms with Crippen LogP contribution in [0.25, 0.3) is 0 Å². The summed E-state index contributed by atoms with van der Waals surface area (Å²) in [5, 5.41) is 4.23. The molecule has 2 saturated carbocycles. The van der Waals surface area contributed by atoms with Crippen LogP contribution in [0.15, 0.2) is 12.7 Å². The Morgan fingerprint density at radius 1 is 1.23 bits per heavy atom. The number of amides is 1. The van der Waals surface area contributed by atoms with E-state index in [-0.39, 0.29) is 30.4 Å². The van der Waals surface area contributed by atoms with Crippen LogP contribution in [0.2, 0.25) is 0 Å². The number of likely N-dealkylation sites (tertiary alicyclic amines) is 1. The van der Waals surface area contributed by atoms with Crippen molar-refractivity contribution in [2.45, 2.75) is 44.2 Å². The van der Waals surface area contributed by atoms with Crippen LogP contribution in [0.4, 0.5) is 0 Å². The number of carbonyl (C=O) groups is 1. The highest BCUT2D eigenvalue weighted by molar-refractivity contribution is 5.85. The predicted molar refractivity (Wildman–Crippen MR) is 84.4 cm³/mol. The van der Waals surface area contributed by atoms with E-state index in [1.165, 1.54) is 12.8 Å². The zero-order valence-electron chi connectivity index (χ0n) is 12.7. The Kier molecular flexibility index (Phi) is 4.41. The molecular weight excluding hydrogens is 302 g/mol. The first-order chi connectivity index (χ1) is 10.2. The Hall–Kier alpha value is -1.14. The summed E-state index contributed by atoms with van der Waals surface area (Å²) in [7, 11) is 0. The molecule has 2 aliphatic carbocycles. The molecule has 1 amide bonds. The molecule has 0 spiro atoms. The van der Waals surface area contributed by atoms with E-state index >= 15 is 0 Å². The first kappa shape index (κ1) is 15.7. The van der Waals surface area contributed by atoms with E-state index in [0.717, 1.165) is 32.4 Å². The summed E-state index contributed by atoms with van der Waals surface area (Å²) in [4.78, 5) is 19.0. The third kappa shape index (κ3) is 2.52. The normalized spacial score (nSPS) is 37.1. The summed E-state index contributed by atoms with van der Waals surface area (Å²) in [6.45, 7) is 1.62. The van der Waals surface area contributed by atoms with Gasteiger partial charge in [-0.3, -0.25) is 4.79 Å². The molecule has 7 heteroatoms. The van der Waals surface area contributed by atoms with Crippen molar-refractivity contribution in [3.8, 4) is 0 Å². The second-order valence-electron chi connectivity index (χ2n) is 6.89. The van der Waals surface area contributed by atoms with Gasteiger partial charge in [0, 0.05) is 19.1 Å². The van der Waals surface area contributed by atoms with Gasteiger partial charge in [0.25, 0.3) is 0 Å². The molecule has 4 rings (SSSR count). The molecule has 1 saturated heterocycles. The standard InChI is InChI=1S/C15H23N5O.ClH/c16-14-11-4-3-10(6-11)13(14)15(21)19-5-1-2-12(7-19)20-9-17-8-18-20;/h8-14H,1-7,16H2;1H. The van der Waals surface area contributed by atoms with Crippen molar-refractivity contribution in [1.29, 1.82) is 0 Å². The van der Waals surface area contributed by atoms with Gasteiger partial charge in [-0.05, 0) is 43.9 Å². The molecule has 3 fully saturated rings. The Bertz CT molecular complexity index is 520. The van der Waals surface area contributed by atoms with Gasteiger partial charge in [-0.2, -0.15) is 5.10 Å². The lowest BCUT2D eigenvalue weighted by Gasteiger charge is -2.37. The fourth-order valence-corrected chi connectivity index (χ4v) is 4.69. The SMILES string of the molecule is Cl.NC1C2CCC(C2)C1C(=O)N1CCCC(n2cncn2)C1. The average molecular weight is 326 g/mol. The largest absolute Gasteiger partial charge is 0.340 e. The summed E-state index contributed by atoms with van der Waals surface area (Å²) >= 11 is 0. The van der Waals surface area contributed by atoms with Crippen molar-refractivity contribution in [2.75, 3.05) is 13.1 Å². The third-order valence-corrected chi connectivity index (χ3v) is 5.78. The Labute approximate surface area is 136 Å². The summed E-state index contributed by atoms with van der Waals surface area (Å²) < 4.78 is 1.89. The topological polar surface area (TPSA) is 77.0 Å². The molecule has 2 bridgehead atoms. The van der Waals surface area contributed by atoms with E-state index in [0.29, 0.717) is 17.7 Å². The molecule has 1 aromatic heterocycles. The summed E-state index contributed by atoms with van der Waals surface area (Å²) in [5.74, 6) is 1.47. The van der Waals surface area contributed by atoms with Crippen LogP contribution in [-0.2, 0) is 4.79 Å². The Morgan fingerprint density at radius 3 is 2.73 bits per heavy atom. The molecular formula is C15H24ClN5O. The van der Waals surface area contributed by atoms with Crippen LogP contribution in [-0.4, -0.2) is 44.7 Å². The maximum Gasteiger partial charge on any atom is 0.227 e. The minimum Gasteiger partial charge on any atom is -0.340 e. The van der Waals surface area contributed by atoms with Gasteiger partial charge in [0.1, 0.15) is 12.7 Å². The van der Waals surface area contributed by atoms with Crippen LogP contribution in [0, 0.1) is 17.8 Å². The van der Waals surface area contributed by atoms with Crippen molar-refractivity contribution >= 4 is 18.3 Å². The summed E-state index contributed by atoms with van der Waals surface area (Å²) in [6, 6.07) is 0.350. The number of aromatic nitrogens is 3. The van der Waals surface area contributed by atoms with Crippen LogP contribution in [0.1, 0.15) is 38.1 Å². The first-order valence-corrected chi connectivity index (χ1v) is 8.12. The zero-order valence-corrected chi connectivity index (χ0v) is 13.5. The van der Waals surface area contributed by atoms with E-state index in [4.69, 9.17) is 5.73 Å². The first-order valence-electron chi connectivity index (χ1n) is 8.12. The average Bonchev–Trinajstić information content (AvgIpc) is 3.24. The molecule has 122 valence electrons.